The van der Waals surface area contributed by atoms with Crippen molar-refractivity contribution in [3.05, 3.63) is 54.5 Å². The Morgan fingerprint density at radius 2 is 2.00 bits per heavy atom. The van der Waals surface area contributed by atoms with E-state index in [1.165, 1.54) is 0 Å². The average molecular weight is 511 g/mol. The van der Waals surface area contributed by atoms with Gasteiger partial charge in [-0.05, 0) is 50.7 Å². The van der Waals surface area contributed by atoms with Crippen LogP contribution in [0, 0.1) is 0 Å². The standard InChI is InChI=1S/C26H32F2N8O/c1-18-10-13-35(21-16-20(32-33-26(21)29)19-6-3-4-7-22(19)37)14-15-36(18)25-9-11-30-24(31-25)8-5-12-34(2)17-23(27)28/h3-9,11,16,18,23,37H,10,12-15,17H2,1-2H3,(H2,29,33)/b8-5+. The lowest BCUT2D eigenvalue weighted by Crippen LogP contribution is -2.35. The molecule has 3 heterocycles. The van der Waals surface area contributed by atoms with E-state index in [-0.39, 0.29) is 18.3 Å². The van der Waals surface area contributed by atoms with Gasteiger partial charge in [-0.15, -0.1) is 10.2 Å². The zero-order valence-electron chi connectivity index (χ0n) is 21.0. The third-order valence-corrected chi connectivity index (χ3v) is 6.37. The second-order valence-electron chi connectivity index (χ2n) is 9.12. The van der Waals surface area contributed by atoms with Gasteiger partial charge in [0.1, 0.15) is 11.6 Å². The Kier molecular flexibility index (Phi) is 8.44. The van der Waals surface area contributed by atoms with Gasteiger partial charge in [0.15, 0.2) is 11.6 Å². The Hall–Kier alpha value is -3.86. The SMILES string of the molecule is CC1CCN(c2cc(-c3ccccc3O)nnc2N)CCN1c1ccnc(/C=C/CN(C)CC(F)F)n1. The van der Waals surface area contributed by atoms with E-state index in [0.717, 1.165) is 24.5 Å². The Balaban J connectivity index is 1.48. The molecule has 1 atom stereocenters. The fraction of sp³-hybridized carbons (Fsp3) is 0.385. The van der Waals surface area contributed by atoms with Gasteiger partial charge < -0.3 is 20.6 Å². The molecule has 3 aromatic rings. The third-order valence-electron chi connectivity index (χ3n) is 6.37. The van der Waals surface area contributed by atoms with Crippen molar-refractivity contribution in [3.8, 4) is 17.0 Å². The van der Waals surface area contributed by atoms with E-state index < -0.39 is 6.43 Å². The second kappa shape index (κ2) is 11.9. The van der Waals surface area contributed by atoms with Crippen LogP contribution in [0.25, 0.3) is 17.3 Å². The first-order valence-corrected chi connectivity index (χ1v) is 12.2. The molecule has 1 aliphatic rings. The summed E-state index contributed by atoms with van der Waals surface area (Å²) < 4.78 is 25.0. The maximum absolute atomic E-state index is 12.5. The number of hydrogen-bond acceptors (Lipinski definition) is 9. The van der Waals surface area contributed by atoms with Crippen molar-refractivity contribution in [2.24, 2.45) is 0 Å². The van der Waals surface area contributed by atoms with Crippen LogP contribution in [0.5, 0.6) is 5.75 Å². The molecular weight excluding hydrogens is 478 g/mol. The van der Waals surface area contributed by atoms with Crippen LogP contribution < -0.4 is 15.5 Å². The minimum atomic E-state index is -2.36. The Labute approximate surface area is 215 Å². The number of phenolic OH excluding ortho intramolecular Hbond substituents is 1. The van der Waals surface area contributed by atoms with Gasteiger partial charge in [0.2, 0.25) is 0 Å². The molecule has 1 saturated heterocycles. The highest BCUT2D eigenvalue weighted by Gasteiger charge is 2.24. The third kappa shape index (κ3) is 6.67. The number of halogens is 2. The number of alkyl halides is 2. The van der Waals surface area contributed by atoms with Crippen molar-refractivity contribution in [2.75, 3.05) is 55.3 Å². The summed E-state index contributed by atoms with van der Waals surface area (Å²) in [5.74, 6) is 1.82. The first-order chi connectivity index (χ1) is 17.8. The molecule has 0 aliphatic carbocycles. The molecule has 1 unspecified atom stereocenters. The molecule has 1 aliphatic heterocycles. The molecule has 0 radical (unpaired) electrons. The number of anilines is 3. The smallest absolute Gasteiger partial charge is 0.251 e. The fourth-order valence-electron chi connectivity index (χ4n) is 4.36. The van der Waals surface area contributed by atoms with Gasteiger partial charge >= 0.3 is 0 Å². The van der Waals surface area contributed by atoms with Gasteiger partial charge in [-0.25, -0.2) is 18.7 Å². The quantitative estimate of drug-likeness (QED) is 0.470. The van der Waals surface area contributed by atoms with E-state index >= 15 is 0 Å². The summed E-state index contributed by atoms with van der Waals surface area (Å²) in [5.41, 5.74) is 8.15. The molecule has 0 bridgehead atoms. The summed E-state index contributed by atoms with van der Waals surface area (Å²) in [6.07, 6.45) is 3.75. The van der Waals surface area contributed by atoms with Crippen LogP contribution in [0.4, 0.5) is 26.1 Å². The summed E-state index contributed by atoms with van der Waals surface area (Å²) in [6, 6.07) is 11.0. The molecule has 9 nitrogen and oxygen atoms in total. The number of para-hydroxylation sites is 1. The van der Waals surface area contributed by atoms with Crippen LogP contribution in [0.1, 0.15) is 19.2 Å². The lowest BCUT2D eigenvalue weighted by molar-refractivity contribution is 0.105. The molecule has 1 fully saturated rings. The summed E-state index contributed by atoms with van der Waals surface area (Å²) in [7, 11) is 1.65. The molecule has 0 spiro atoms. The monoisotopic (exact) mass is 510 g/mol. The molecule has 3 N–H and O–H groups in total. The summed E-state index contributed by atoms with van der Waals surface area (Å²) in [5, 5.41) is 18.6. The topological polar surface area (TPSA) is 108 Å². The second-order valence-corrected chi connectivity index (χ2v) is 9.12. The number of phenols is 1. The Morgan fingerprint density at radius 3 is 2.78 bits per heavy atom. The van der Waals surface area contributed by atoms with Crippen LogP contribution in [0.3, 0.4) is 0 Å². The van der Waals surface area contributed by atoms with Crippen molar-refractivity contribution in [1.82, 2.24) is 25.1 Å². The molecule has 196 valence electrons. The maximum Gasteiger partial charge on any atom is 0.251 e. The fourth-order valence-corrected chi connectivity index (χ4v) is 4.36. The number of hydrogen-bond donors (Lipinski definition) is 2. The zero-order valence-corrected chi connectivity index (χ0v) is 21.0. The zero-order chi connectivity index (χ0) is 26.4. The minimum absolute atomic E-state index is 0.137. The normalized spacial score (nSPS) is 16.6. The van der Waals surface area contributed by atoms with E-state index in [1.54, 1.807) is 48.5 Å². The van der Waals surface area contributed by atoms with Gasteiger partial charge in [0, 0.05) is 44.0 Å². The average Bonchev–Trinajstić information content (AvgIpc) is 3.06. The van der Waals surface area contributed by atoms with Gasteiger partial charge in [-0.2, -0.15) is 0 Å². The highest BCUT2D eigenvalue weighted by atomic mass is 19.3. The van der Waals surface area contributed by atoms with E-state index in [2.05, 4.69) is 31.9 Å². The predicted octanol–water partition coefficient (Wildman–Crippen LogP) is 3.54. The van der Waals surface area contributed by atoms with Crippen LogP contribution in [0.15, 0.2) is 48.7 Å². The van der Waals surface area contributed by atoms with E-state index in [0.29, 0.717) is 42.5 Å². The number of nitrogen functional groups attached to an aromatic ring is 1. The summed E-state index contributed by atoms with van der Waals surface area (Å²) in [6.45, 7) is 4.42. The molecule has 37 heavy (non-hydrogen) atoms. The Morgan fingerprint density at radius 1 is 1.19 bits per heavy atom. The van der Waals surface area contributed by atoms with Crippen molar-refractivity contribution in [2.45, 2.75) is 25.8 Å². The van der Waals surface area contributed by atoms with Crippen molar-refractivity contribution >= 4 is 23.4 Å². The Bertz CT molecular complexity index is 1220. The number of likely N-dealkylation sites (N-methyl/N-ethyl adjacent to an activating group) is 1. The van der Waals surface area contributed by atoms with Gasteiger partial charge in [-0.3, -0.25) is 4.90 Å². The number of nitrogens with zero attached hydrogens (tertiary/aromatic N) is 7. The number of aromatic nitrogens is 4. The predicted molar refractivity (Wildman–Crippen MR) is 142 cm³/mol. The molecule has 0 amide bonds. The number of nitrogens with two attached hydrogens (primary N) is 1. The summed E-state index contributed by atoms with van der Waals surface area (Å²) in [4.78, 5) is 15.0. The van der Waals surface area contributed by atoms with Crippen LogP contribution in [-0.2, 0) is 0 Å². The first-order valence-electron chi connectivity index (χ1n) is 12.2. The lowest BCUT2D eigenvalue weighted by Gasteiger charge is -2.28. The molecule has 11 heteroatoms. The van der Waals surface area contributed by atoms with Gasteiger partial charge in [0.05, 0.1) is 17.9 Å². The number of rotatable bonds is 8. The molecule has 0 saturated carbocycles. The van der Waals surface area contributed by atoms with E-state index in [4.69, 9.17) is 10.7 Å². The molecule has 1 aromatic carbocycles. The lowest BCUT2D eigenvalue weighted by atomic mass is 10.1. The first kappa shape index (κ1) is 26.2. The van der Waals surface area contributed by atoms with Crippen LogP contribution in [0.2, 0.25) is 0 Å². The maximum atomic E-state index is 12.5. The minimum Gasteiger partial charge on any atom is -0.507 e. The van der Waals surface area contributed by atoms with Crippen molar-refractivity contribution in [3.63, 3.8) is 0 Å². The van der Waals surface area contributed by atoms with Gasteiger partial charge in [-0.1, -0.05) is 18.2 Å². The van der Waals surface area contributed by atoms with Crippen LogP contribution in [-0.4, -0.2) is 82.4 Å². The molecule has 4 rings (SSSR count). The van der Waals surface area contributed by atoms with Gasteiger partial charge in [0.25, 0.3) is 6.43 Å². The van der Waals surface area contributed by atoms with Crippen molar-refractivity contribution < 1.29 is 13.9 Å². The molecule has 2 aromatic heterocycles. The van der Waals surface area contributed by atoms with Crippen molar-refractivity contribution in [1.29, 1.82) is 0 Å². The van der Waals surface area contributed by atoms with Crippen LogP contribution >= 0.6 is 0 Å². The van der Waals surface area contributed by atoms with E-state index in [1.807, 2.05) is 18.2 Å². The number of aromatic hydroxyl groups is 1. The van der Waals surface area contributed by atoms with E-state index in [9.17, 15) is 13.9 Å². The summed E-state index contributed by atoms with van der Waals surface area (Å²) >= 11 is 0. The number of benzene rings is 1. The molecular formula is C26H32F2N8O. The highest BCUT2D eigenvalue weighted by molar-refractivity contribution is 5.74. The largest absolute Gasteiger partial charge is 0.507 e. The highest BCUT2D eigenvalue weighted by Crippen LogP contribution is 2.32.